The molecule has 1 aromatic heterocycles. The van der Waals surface area contributed by atoms with Crippen LogP contribution in [0.25, 0.3) is 10.8 Å². The highest BCUT2D eigenvalue weighted by Crippen LogP contribution is 2.30. The number of fused-ring (bicyclic) bond motifs is 1. The number of piperidine rings is 1. The third-order valence-electron chi connectivity index (χ3n) is 5.99. The van der Waals surface area contributed by atoms with E-state index < -0.39 is 9.84 Å². The van der Waals surface area contributed by atoms with Gasteiger partial charge >= 0.3 is 0 Å². The first-order valence-corrected chi connectivity index (χ1v) is 13.4. The van der Waals surface area contributed by atoms with Gasteiger partial charge in [0.25, 0.3) is 0 Å². The maximum absolute atomic E-state index is 12.8. The molecule has 0 atom stereocenters. The number of aromatic nitrogens is 1. The maximum atomic E-state index is 12.8. The zero-order valence-corrected chi connectivity index (χ0v) is 20.5. The summed E-state index contributed by atoms with van der Waals surface area (Å²) in [6, 6.07) is 10.3. The second-order valence-corrected chi connectivity index (χ2v) is 11.7. The lowest BCUT2D eigenvalue weighted by molar-refractivity contribution is -0.131. The van der Waals surface area contributed by atoms with Crippen molar-refractivity contribution in [3.05, 3.63) is 57.3 Å². The van der Waals surface area contributed by atoms with Gasteiger partial charge in [-0.3, -0.25) is 9.79 Å². The summed E-state index contributed by atoms with van der Waals surface area (Å²) in [5.41, 5.74) is 0. The molecule has 170 valence electrons. The van der Waals surface area contributed by atoms with Crippen molar-refractivity contribution < 1.29 is 13.2 Å². The Hall–Kier alpha value is -2.16. The second kappa shape index (κ2) is 9.37. The topological polar surface area (TPSA) is 71.7 Å². The van der Waals surface area contributed by atoms with E-state index in [-0.39, 0.29) is 23.0 Å². The minimum absolute atomic E-state index is 0.00151. The summed E-state index contributed by atoms with van der Waals surface area (Å²) >= 11 is 7.69. The summed E-state index contributed by atoms with van der Waals surface area (Å²) < 4.78 is 27.7. The van der Waals surface area contributed by atoms with Crippen LogP contribution in [-0.2, 0) is 21.7 Å². The lowest BCUT2D eigenvalue weighted by Gasteiger charge is -2.31. The van der Waals surface area contributed by atoms with E-state index in [2.05, 4.69) is 11.2 Å². The molecule has 0 aliphatic carbocycles. The van der Waals surface area contributed by atoms with E-state index in [0.717, 1.165) is 28.4 Å². The van der Waals surface area contributed by atoms with Crippen molar-refractivity contribution in [3.8, 4) is 0 Å². The number of hydrogen-bond donors (Lipinski definition) is 0. The zero-order chi connectivity index (χ0) is 22.9. The van der Waals surface area contributed by atoms with Crippen LogP contribution in [0.15, 0.2) is 52.5 Å². The average molecular weight is 492 g/mol. The largest absolute Gasteiger partial charge is 0.343 e. The van der Waals surface area contributed by atoms with Crippen LogP contribution in [0.3, 0.4) is 0 Å². The fraction of sp³-hybridized carbons (Fsp3) is 0.391. The van der Waals surface area contributed by atoms with E-state index in [1.807, 2.05) is 11.6 Å². The SMILES string of the molecule is CN=c1sc(C2CCN(C(=O)CCS(=O)(=O)c3ccc4cc(Cl)ccc4c3)CC2)cn1C. The molecule has 6 nitrogen and oxygen atoms in total. The van der Waals surface area contributed by atoms with E-state index in [4.69, 9.17) is 11.6 Å². The normalized spacial score (nSPS) is 16.1. The molecular formula is C23H26ClN3O3S2. The molecule has 0 unspecified atom stereocenters. The number of carbonyl (C=O) groups excluding carboxylic acids is 1. The van der Waals surface area contributed by atoms with Crippen LogP contribution < -0.4 is 4.80 Å². The summed E-state index contributed by atoms with van der Waals surface area (Å²) in [6.07, 6.45) is 3.89. The molecule has 0 N–H and O–H groups in total. The Bertz CT molecular complexity index is 1320. The van der Waals surface area contributed by atoms with Gasteiger partial charge in [0.2, 0.25) is 5.91 Å². The van der Waals surface area contributed by atoms with Gasteiger partial charge < -0.3 is 9.47 Å². The smallest absolute Gasteiger partial charge is 0.223 e. The molecule has 1 saturated heterocycles. The van der Waals surface area contributed by atoms with E-state index in [1.165, 1.54) is 4.88 Å². The van der Waals surface area contributed by atoms with Crippen molar-refractivity contribution in [1.82, 2.24) is 9.47 Å². The zero-order valence-electron chi connectivity index (χ0n) is 18.1. The second-order valence-electron chi connectivity index (χ2n) is 8.13. The third-order valence-corrected chi connectivity index (χ3v) is 9.27. The van der Waals surface area contributed by atoms with Gasteiger partial charge in [0.05, 0.1) is 10.6 Å². The summed E-state index contributed by atoms with van der Waals surface area (Å²) in [6.45, 7) is 1.31. The van der Waals surface area contributed by atoms with Crippen LogP contribution in [0.4, 0.5) is 0 Å². The fourth-order valence-electron chi connectivity index (χ4n) is 4.14. The first-order chi connectivity index (χ1) is 15.3. The summed E-state index contributed by atoms with van der Waals surface area (Å²) in [7, 11) is 0.236. The van der Waals surface area contributed by atoms with Crippen LogP contribution in [0, 0.1) is 0 Å². The predicted molar refractivity (Wildman–Crippen MR) is 129 cm³/mol. The molecule has 0 saturated carbocycles. The Labute approximate surface area is 197 Å². The summed E-state index contributed by atoms with van der Waals surface area (Å²) in [4.78, 5) is 21.3. The number of carbonyl (C=O) groups is 1. The molecule has 2 aromatic carbocycles. The Morgan fingerprint density at radius 3 is 2.53 bits per heavy atom. The molecule has 1 amide bonds. The first-order valence-electron chi connectivity index (χ1n) is 10.6. The van der Waals surface area contributed by atoms with Gasteiger partial charge in [0.15, 0.2) is 14.6 Å². The van der Waals surface area contributed by atoms with Gasteiger partial charge in [-0.25, -0.2) is 8.42 Å². The minimum atomic E-state index is -3.55. The number of amides is 1. The lowest BCUT2D eigenvalue weighted by Crippen LogP contribution is -2.38. The fourth-order valence-corrected chi connectivity index (χ4v) is 6.69. The maximum Gasteiger partial charge on any atom is 0.223 e. The number of hydrogen-bond acceptors (Lipinski definition) is 5. The van der Waals surface area contributed by atoms with Crippen LogP contribution >= 0.6 is 22.9 Å². The number of sulfone groups is 1. The van der Waals surface area contributed by atoms with Crippen molar-refractivity contribution >= 4 is 49.5 Å². The Morgan fingerprint density at radius 1 is 1.16 bits per heavy atom. The third kappa shape index (κ3) is 4.92. The van der Waals surface area contributed by atoms with Gasteiger partial charge in [-0.15, -0.1) is 11.3 Å². The molecule has 32 heavy (non-hydrogen) atoms. The number of aryl methyl sites for hydroxylation is 1. The number of halogens is 1. The van der Waals surface area contributed by atoms with Gasteiger partial charge in [0.1, 0.15) is 0 Å². The molecular weight excluding hydrogens is 466 g/mol. The van der Waals surface area contributed by atoms with Crippen LogP contribution in [0.2, 0.25) is 5.02 Å². The highest BCUT2D eigenvalue weighted by molar-refractivity contribution is 7.91. The number of nitrogens with zero attached hydrogens (tertiary/aromatic N) is 3. The quantitative estimate of drug-likeness (QED) is 0.541. The van der Waals surface area contributed by atoms with Gasteiger partial charge in [0, 0.05) is 49.7 Å². The predicted octanol–water partition coefficient (Wildman–Crippen LogP) is 3.99. The van der Waals surface area contributed by atoms with E-state index in [9.17, 15) is 13.2 Å². The molecule has 1 aliphatic heterocycles. The molecule has 4 rings (SSSR count). The number of rotatable bonds is 5. The number of thiazole rings is 1. The highest BCUT2D eigenvalue weighted by atomic mass is 35.5. The summed E-state index contributed by atoms with van der Waals surface area (Å²) in [5.74, 6) is 0.133. The van der Waals surface area contributed by atoms with Gasteiger partial charge in [-0.2, -0.15) is 0 Å². The molecule has 2 heterocycles. The Balaban J connectivity index is 1.35. The molecule has 1 fully saturated rings. The van der Waals surface area contributed by atoms with E-state index in [1.54, 1.807) is 59.7 Å². The lowest BCUT2D eigenvalue weighted by atomic mass is 9.95. The van der Waals surface area contributed by atoms with Crippen LogP contribution in [-0.4, -0.2) is 49.7 Å². The molecule has 3 aromatic rings. The number of benzene rings is 2. The molecule has 0 bridgehead atoms. The molecule has 9 heteroatoms. The van der Waals surface area contributed by atoms with Crippen molar-refractivity contribution in [2.24, 2.45) is 12.0 Å². The van der Waals surface area contributed by atoms with Crippen molar-refractivity contribution in [2.75, 3.05) is 25.9 Å². The van der Waals surface area contributed by atoms with Crippen LogP contribution in [0.1, 0.15) is 30.1 Å². The van der Waals surface area contributed by atoms with E-state index >= 15 is 0 Å². The standard InChI is InChI=1S/C23H26ClN3O3S2/c1-25-23-26(2)15-21(31-23)16-7-10-27(11-8-16)22(28)9-12-32(29,30)20-6-4-17-13-19(24)5-3-18(17)14-20/h3-6,13-16H,7-12H2,1-2H3. The van der Waals surface area contributed by atoms with Crippen molar-refractivity contribution in [3.63, 3.8) is 0 Å². The van der Waals surface area contributed by atoms with Gasteiger partial charge in [-0.1, -0.05) is 23.7 Å². The Morgan fingerprint density at radius 2 is 1.84 bits per heavy atom. The van der Waals surface area contributed by atoms with Crippen LogP contribution in [0.5, 0.6) is 0 Å². The van der Waals surface area contributed by atoms with E-state index in [0.29, 0.717) is 24.0 Å². The minimum Gasteiger partial charge on any atom is -0.343 e. The monoisotopic (exact) mass is 491 g/mol. The highest BCUT2D eigenvalue weighted by Gasteiger charge is 2.26. The average Bonchev–Trinajstić information content (AvgIpc) is 3.17. The first kappa shape index (κ1) is 23.0. The molecule has 0 spiro atoms. The van der Waals surface area contributed by atoms with Gasteiger partial charge in [-0.05, 0) is 53.8 Å². The molecule has 1 aliphatic rings. The van der Waals surface area contributed by atoms with Crippen molar-refractivity contribution in [2.45, 2.75) is 30.1 Å². The number of likely N-dealkylation sites (tertiary alicyclic amines) is 1. The Kier molecular flexibility index (Phi) is 6.74. The van der Waals surface area contributed by atoms with Crippen molar-refractivity contribution in [1.29, 1.82) is 0 Å². The summed E-state index contributed by atoms with van der Waals surface area (Å²) in [5, 5.41) is 2.30. The molecule has 0 radical (unpaired) electrons.